The van der Waals surface area contributed by atoms with Crippen LogP contribution in [0.25, 0.3) is 0 Å². The molecular weight excluding hydrogens is 392 g/mol. The van der Waals surface area contributed by atoms with E-state index in [-0.39, 0.29) is 10.8 Å². The lowest BCUT2D eigenvalue weighted by Gasteiger charge is -2.18. The van der Waals surface area contributed by atoms with E-state index in [1.807, 2.05) is 20.8 Å². The first kappa shape index (κ1) is 22.4. The van der Waals surface area contributed by atoms with Gasteiger partial charge in [-0.25, -0.2) is 13.2 Å². The lowest BCUT2D eigenvalue weighted by Crippen LogP contribution is -2.42. The molecule has 0 aliphatic heterocycles. The maximum absolute atomic E-state index is 12.4. The van der Waals surface area contributed by atoms with E-state index in [0.29, 0.717) is 17.7 Å². The molecule has 0 radical (unpaired) electrons. The number of carbonyl (C=O) groups excluding carboxylic acids is 2. The molecule has 0 saturated heterocycles. The number of carbonyl (C=O) groups is 2. The van der Waals surface area contributed by atoms with Crippen LogP contribution in [0.1, 0.15) is 36.2 Å². The first-order valence-corrected chi connectivity index (χ1v) is 10.7. The third-order valence-electron chi connectivity index (χ3n) is 4.23. The standard InChI is InChI=1S/C21H26N2O5S/c1-14(2)13-19(21(25)28-4)22-20(24)16-7-9-17(10-8-16)23-29(26,27)18-11-5-15(3)6-12-18/h5-12,14,19,23H,13H2,1-4H3,(H,22,24)/t19-/m0/s1. The number of benzene rings is 2. The van der Waals surface area contributed by atoms with Crippen LogP contribution in [0.5, 0.6) is 0 Å². The molecule has 0 aliphatic rings. The third-order valence-corrected chi connectivity index (χ3v) is 5.63. The monoisotopic (exact) mass is 418 g/mol. The van der Waals surface area contributed by atoms with E-state index in [1.165, 1.54) is 43.5 Å². The Hall–Kier alpha value is -2.87. The lowest BCUT2D eigenvalue weighted by molar-refractivity contribution is -0.143. The summed E-state index contributed by atoms with van der Waals surface area (Å²) in [6, 6.07) is 11.7. The first-order chi connectivity index (χ1) is 13.6. The molecule has 29 heavy (non-hydrogen) atoms. The molecule has 0 unspecified atom stereocenters. The fraction of sp³-hybridized carbons (Fsp3) is 0.333. The minimum Gasteiger partial charge on any atom is -0.467 e. The molecule has 0 bridgehead atoms. The number of nitrogens with one attached hydrogen (secondary N) is 2. The van der Waals surface area contributed by atoms with E-state index in [9.17, 15) is 18.0 Å². The molecule has 2 N–H and O–H groups in total. The second-order valence-corrected chi connectivity index (χ2v) is 8.86. The third kappa shape index (κ3) is 6.32. The van der Waals surface area contributed by atoms with Crippen LogP contribution in [0.2, 0.25) is 0 Å². The van der Waals surface area contributed by atoms with Crippen molar-refractivity contribution in [1.82, 2.24) is 5.32 Å². The normalized spacial score (nSPS) is 12.3. The van der Waals surface area contributed by atoms with Crippen molar-refractivity contribution < 1.29 is 22.7 Å². The Morgan fingerprint density at radius 1 is 1.00 bits per heavy atom. The van der Waals surface area contributed by atoms with E-state index in [0.717, 1.165) is 5.56 Å². The zero-order valence-electron chi connectivity index (χ0n) is 16.9. The molecule has 156 valence electrons. The molecule has 1 amide bonds. The Morgan fingerprint density at radius 3 is 2.10 bits per heavy atom. The van der Waals surface area contributed by atoms with E-state index in [2.05, 4.69) is 10.0 Å². The van der Waals surface area contributed by atoms with E-state index < -0.39 is 27.9 Å². The zero-order chi connectivity index (χ0) is 21.6. The number of hydrogen-bond donors (Lipinski definition) is 2. The Morgan fingerprint density at radius 2 is 1.59 bits per heavy atom. The molecule has 0 spiro atoms. The minimum atomic E-state index is -3.72. The highest BCUT2D eigenvalue weighted by molar-refractivity contribution is 7.92. The van der Waals surface area contributed by atoms with Crippen LogP contribution in [0, 0.1) is 12.8 Å². The Labute approximate surface area is 171 Å². The molecule has 0 aromatic heterocycles. The van der Waals surface area contributed by atoms with Gasteiger partial charge in [0.1, 0.15) is 6.04 Å². The lowest BCUT2D eigenvalue weighted by atomic mass is 10.0. The summed E-state index contributed by atoms with van der Waals surface area (Å²) < 4.78 is 32.1. The second-order valence-electron chi connectivity index (χ2n) is 7.17. The number of rotatable bonds is 8. The highest BCUT2D eigenvalue weighted by atomic mass is 32.2. The molecule has 2 rings (SSSR count). The van der Waals surface area contributed by atoms with Gasteiger partial charge in [0, 0.05) is 11.3 Å². The summed E-state index contributed by atoms with van der Waals surface area (Å²) >= 11 is 0. The minimum absolute atomic E-state index is 0.152. The van der Waals surface area contributed by atoms with Gasteiger partial charge < -0.3 is 10.1 Å². The molecule has 7 nitrogen and oxygen atoms in total. The van der Waals surface area contributed by atoms with Gasteiger partial charge in [-0.1, -0.05) is 31.5 Å². The SMILES string of the molecule is COC(=O)[C@H](CC(C)C)NC(=O)c1ccc(NS(=O)(=O)c2ccc(C)cc2)cc1. The number of methoxy groups -OCH3 is 1. The van der Waals surface area contributed by atoms with Crippen molar-refractivity contribution >= 4 is 27.6 Å². The van der Waals surface area contributed by atoms with Crippen LogP contribution < -0.4 is 10.0 Å². The fourth-order valence-corrected chi connectivity index (χ4v) is 3.75. The number of amides is 1. The summed E-state index contributed by atoms with van der Waals surface area (Å²) in [5, 5.41) is 2.66. The van der Waals surface area contributed by atoms with Gasteiger partial charge in [-0.15, -0.1) is 0 Å². The highest BCUT2D eigenvalue weighted by Crippen LogP contribution is 2.17. The molecule has 2 aromatic carbocycles. The van der Waals surface area contributed by atoms with Gasteiger partial charge in [-0.3, -0.25) is 9.52 Å². The van der Waals surface area contributed by atoms with Crippen LogP contribution in [0.15, 0.2) is 53.4 Å². The van der Waals surface area contributed by atoms with Gasteiger partial charge in [0.05, 0.1) is 12.0 Å². The summed E-state index contributed by atoms with van der Waals surface area (Å²) in [4.78, 5) is 24.5. The summed E-state index contributed by atoms with van der Waals surface area (Å²) in [6.07, 6.45) is 0.451. The number of anilines is 1. The van der Waals surface area contributed by atoms with Gasteiger partial charge in [-0.05, 0) is 55.7 Å². The molecular formula is C21H26N2O5S. The molecule has 0 fully saturated rings. The Balaban J connectivity index is 2.09. The van der Waals surface area contributed by atoms with Crippen molar-refractivity contribution in [3.8, 4) is 0 Å². The van der Waals surface area contributed by atoms with Gasteiger partial charge in [0.15, 0.2) is 0 Å². The number of hydrogen-bond acceptors (Lipinski definition) is 5. The largest absolute Gasteiger partial charge is 0.467 e. The predicted molar refractivity (Wildman–Crippen MR) is 111 cm³/mol. The van der Waals surface area contributed by atoms with E-state index >= 15 is 0 Å². The van der Waals surface area contributed by atoms with Gasteiger partial charge in [0.2, 0.25) is 0 Å². The van der Waals surface area contributed by atoms with Crippen LogP contribution >= 0.6 is 0 Å². The summed E-state index contributed by atoms with van der Waals surface area (Å²) in [5.41, 5.74) is 1.59. The maximum Gasteiger partial charge on any atom is 0.328 e. The number of esters is 1. The van der Waals surface area contributed by atoms with Crippen LogP contribution in [-0.2, 0) is 19.6 Å². The van der Waals surface area contributed by atoms with Crippen LogP contribution in [0.3, 0.4) is 0 Å². The fourth-order valence-electron chi connectivity index (χ4n) is 2.69. The average Bonchev–Trinajstić information content (AvgIpc) is 2.67. The maximum atomic E-state index is 12.4. The van der Waals surface area contributed by atoms with E-state index in [4.69, 9.17) is 4.74 Å². The Bertz CT molecular complexity index is 952. The molecule has 0 heterocycles. The number of aryl methyl sites for hydroxylation is 1. The molecule has 1 atom stereocenters. The quantitative estimate of drug-likeness (QED) is 0.642. The topological polar surface area (TPSA) is 102 Å². The van der Waals surface area contributed by atoms with Gasteiger partial charge in [0.25, 0.3) is 15.9 Å². The summed E-state index contributed by atoms with van der Waals surface area (Å²) in [5.74, 6) is -0.749. The van der Waals surface area contributed by atoms with Crippen molar-refractivity contribution in [2.24, 2.45) is 5.92 Å². The van der Waals surface area contributed by atoms with Crippen molar-refractivity contribution in [2.75, 3.05) is 11.8 Å². The van der Waals surface area contributed by atoms with Gasteiger partial charge >= 0.3 is 5.97 Å². The van der Waals surface area contributed by atoms with Gasteiger partial charge in [-0.2, -0.15) is 0 Å². The number of ether oxygens (including phenoxy) is 1. The van der Waals surface area contributed by atoms with Crippen molar-refractivity contribution in [2.45, 2.75) is 38.1 Å². The average molecular weight is 419 g/mol. The summed E-state index contributed by atoms with van der Waals surface area (Å²) in [7, 11) is -2.45. The van der Waals surface area contributed by atoms with Crippen LogP contribution in [-0.4, -0.2) is 33.4 Å². The van der Waals surface area contributed by atoms with Crippen molar-refractivity contribution in [3.63, 3.8) is 0 Å². The summed E-state index contributed by atoms with van der Waals surface area (Å²) in [6.45, 7) is 5.76. The molecule has 0 aliphatic carbocycles. The predicted octanol–water partition coefficient (Wildman–Crippen LogP) is 3.11. The van der Waals surface area contributed by atoms with E-state index in [1.54, 1.807) is 12.1 Å². The van der Waals surface area contributed by atoms with Crippen molar-refractivity contribution in [3.05, 3.63) is 59.7 Å². The zero-order valence-corrected chi connectivity index (χ0v) is 17.7. The molecule has 0 saturated carbocycles. The Kier molecular flexibility index (Phi) is 7.39. The van der Waals surface area contributed by atoms with Crippen molar-refractivity contribution in [1.29, 1.82) is 0 Å². The second kappa shape index (κ2) is 9.56. The van der Waals surface area contributed by atoms with Crippen LogP contribution in [0.4, 0.5) is 5.69 Å². The molecule has 8 heteroatoms. The smallest absolute Gasteiger partial charge is 0.328 e. The molecule has 2 aromatic rings. The number of sulfonamides is 1. The first-order valence-electron chi connectivity index (χ1n) is 9.20. The highest BCUT2D eigenvalue weighted by Gasteiger charge is 2.23.